The maximum absolute atomic E-state index is 12.4. The Morgan fingerprint density at radius 2 is 2.11 bits per heavy atom. The number of nitrogens with zero attached hydrogens (tertiary/aromatic N) is 1. The number of hydrogen-bond donors (Lipinski definition) is 1. The minimum atomic E-state index is 0.176. The SMILES string of the molecule is CC(C)CC1CCCN(C(=O)[C@@H]2N[C@H]2C2CC2)C1. The second-order valence-electron chi connectivity index (χ2n) is 6.93. The first-order chi connectivity index (χ1) is 8.65. The van der Waals surface area contributed by atoms with Gasteiger partial charge in [0.05, 0.1) is 0 Å². The minimum Gasteiger partial charge on any atom is -0.341 e. The molecule has 1 unspecified atom stereocenters. The summed E-state index contributed by atoms with van der Waals surface area (Å²) >= 11 is 0. The fourth-order valence-corrected chi connectivity index (χ4v) is 3.56. The van der Waals surface area contributed by atoms with Crippen LogP contribution in [0.5, 0.6) is 0 Å². The third-order valence-electron chi connectivity index (χ3n) is 4.65. The molecular weight excluding hydrogens is 224 g/mol. The molecule has 3 heteroatoms. The molecule has 0 aromatic carbocycles. The fraction of sp³-hybridized carbons (Fsp3) is 0.933. The predicted octanol–water partition coefficient (Wildman–Crippen LogP) is 2.02. The first-order valence-corrected chi connectivity index (χ1v) is 7.70. The molecule has 1 amide bonds. The van der Waals surface area contributed by atoms with E-state index in [0.29, 0.717) is 11.9 Å². The zero-order valence-electron chi connectivity index (χ0n) is 11.7. The molecule has 3 fully saturated rings. The predicted molar refractivity (Wildman–Crippen MR) is 72.2 cm³/mol. The molecule has 0 aromatic rings. The highest BCUT2D eigenvalue weighted by Gasteiger charge is 2.52. The number of hydrogen-bond acceptors (Lipinski definition) is 2. The summed E-state index contributed by atoms with van der Waals surface area (Å²) in [7, 11) is 0. The van der Waals surface area contributed by atoms with Crippen LogP contribution >= 0.6 is 0 Å². The van der Waals surface area contributed by atoms with Crippen LogP contribution in [0.4, 0.5) is 0 Å². The molecule has 0 radical (unpaired) electrons. The maximum Gasteiger partial charge on any atom is 0.241 e. The van der Waals surface area contributed by atoms with Crippen molar-refractivity contribution in [2.75, 3.05) is 13.1 Å². The van der Waals surface area contributed by atoms with Crippen LogP contribution in [0.25, 0.3) is 0 Å². The van der Waals surface area contributed by atoms with Gasteiger partial charge in [-0.3, -0.25) is 10.1 Å². The van der Waals surface area contributed by atoms with E-state index >= 15 is 0 Å². The average molecular weight is 250 g/mol. The number of carbonyl (C=O) groups is 1. The van der Waals surface area contributed by atoms with Gasteiger partial charge >= 0.3 is 0 Å². The van der Waals surface area contributed by atoms with Gasteiger partial charge in [0.2, 0.25) is 5.91 Å². The van der Waals surface area contributed by atoms with E-state index < -0.39 is 0 Å². The summed E-state index contributed by atoms with van der Waals surface area (Å²) in [6.07, 6.45) is 6.44. The lowest BCUT2D eigenvalue weighted by Crippen LogP contribution is -2.43. The van der Waals surface area contributed by atoms with E-state index in [1.54, 1.807) is 0 Å². The summed E-state index contributed by atoms with van der Waals surface area (Å²) in [4.78, 5) is 14.5. The molecular formula is C15H26N2O. The molecule has 102 valence electrons. The summed E-state index contributed by atoms with van der Waals surface area (Å²) in [6.45, 7) is 6.56. The summed E-state index contributed by atoms with van der Waals surface area (Å²) in [5.41, 5.74) is 0. The highest BCUT2D eigenvalue weighted by Crippen LogP contribution is 2.40. The smallest absolute Gasteiger partial charge is 0.241 e. The van der Waals surface area contributed by atoms with Crippen LogP contribution in [-0.2, 0) is 4.79 Å². The van der Waals surface area contributed by atoms with Gasteiger partial charge in [-0.25, -0.2) is 0 Å². The molecule has 0 bridgehead atoms. The van der Waals surface area contributed by atoms with Crippen molar-refractivity contribution < 1.29 is 4.79 Å². The van der Waals surface area contributed by atoms with Crippen LogP contribution in [0.1, 0.15) is 46.0 Å². The Hall–Kier alpha value is -0.570. The van der Waals surface area contributed by atoms with Gasteiger partial charge in [0.25, 0.3) is 0 Å². The molecule has 2 aliphatic heterocycles. The summed E-state index contributed by atoms with van der Waals surface area (Å²) in [5.74, 6) is 2.69. The number of amides is 1. The standard InChI is InChI=1S/C15H26N2O/c1-10(2)8-11-4-3-7-17(9-11)15(18)14-13(16-14)12-5-6-12/h10-14,16H,3-9H2,1-2H3/t11?,13-,14+/m0/s1. The van der Waals surface area contributed by atoms with Gasteiger partial charge in [0.1, 0.15) is 6.04 Å². The topological polar surface area (TPSA) is 42.2 Å². The van der Waals surface area contributed by atoms with Gasteiger partial charge in [-0.1, -0.05) is 13.8 Å². The van der Waals surface area contributed by atoms with Crippen LogP contribution < -0.4 is 5.32 Å². The quantitative estimate of drug-likeness (QED) is 0.776. The molecule has 1 N–H and O–H groups in total. The molecule has 3 nitrogen and oxygen atoms in total. The van der Waals surface area contributed by atoms with Crippen molar-refractivity contribution in [2.45, 2.75) is 58.0 Å². The molecule has 0 aromatic heterocycles. The van der Waals surface area contributed by atoms with Gasteiger partial charge in [-0.2, -0.15) is 0 Å². The van der Waals surface area contributed by atoms with Crippen LogP contribution in [0, 0.1) is 17.8 Å². The van der Waals surface area contributed by atoms with Crippen molar-refractivity contribution in [2.24, 2.45) is 17.8 Å². The highest BCUT2D eigenvalue weighted by atomic mass is 16.2. The van der Waals surface area contributed by atoms with E-state index in [9.17, 15) is 4.79 Å². The maximum atomic E-state index is 12.4. The van der Waals surface area contributed by atoms with E-state index in [4.69, 9.17) is 0 Å². The van der Waals surface area contributed by atoms with Gasteiger partial charge in [-0.05, 0) is 49.9 Å². The second kappa shape index (κ2) is 4.84. The largest absolute Gasteiger partial charge is 0.341 e. The lowest BCUT2D eigenvalue weighted by molar-refractivity contribution is -0.132. The summed E-state index contributed by atoms with van der Waals surface area (Å²) < 4.78 is 0. The molecule has 3 atom stereocenters. The van der Waals surface area contributed by atoms with Crippen molar-refractivity contribution in [3.05, 3.63) is 0 Å². The van der Waals surface area contributed by atoms with Crippen LogP contribution in [0.15, 0.2) is 0 Å². The number of likely N-dealkylation sites (tertiary alicyclic amines) is 1. The van der Waals surface area contributed by atoms with E-state index in [-0.39, 0.29) is 6.04 Å². The summed E-state index contributed by atoms with van der Waals surface area (Å²) in [5, 5.41) is 3.39. The lowest BCUT2D eigenvalue weighted by atomic mass is 9.89. The van der Waals surface area contributed by atoms with Crippen molar-refractivity contribution in [3.8, 4) is 0 Å². The molecule has 3 aliphatic rings. The van der Waals surface area contributed by atoms with Crippen molar-refractivity contribution in [1.82, 2.24) is 10.2 Å². The molecule has 2 heterocycles. The molecule has 2 saturated heterocycles. The van der Waals surface area contributed by atoms with Crippen LogP contribution in [-0.4, -0.2) is 36.0 Å². The van der Waals surface area contributed by atoms with E-state index in [1.807, 2.05) is 0 Å². The molecule has 1 aliphatic carbocycles. The number of rotatable bonds is 4. The van der Waals surface area contributed by atoms with Gasteiger partial charge in [-0.15, -0.1) is 0 Å². The van der Waals surface area contributed by atoms with Crippen molar-refractivity contribution in [3.63, 3.8) is 0 Å². The van der Waals surface area contributed by atoms with Crippen LogP contribution in [0.3, 0.4) is 0 Å². The van der Waals surface area contributed by atoms with Gasteiger partial charge < -0.3 is 4.90 Å². The zero-order valence-corrected chi connectivity index (χ0v) is 11.7. The molecule has 18 heavy (non-hydrogen) atoms. The monoisotopic (exact) mass is 250 g/mol. The highest BCUT2D eigenvalue weighted by molar-refractivity contribution is 5.86. The van der Waals surface area contributed by atoms with E-state index in [1.165, 1.54) is 32.1 Å². The molecule has 3 rings (SSSR count). The number of piperidine rings is 1. The Kier molecular flexibility index (Phi) is 3.35. The van der Waals surface area contributed by atoms with Gasteiger partial charge in [0.15, 0.2) is 0 Å². The second-order valence-corrected chi connectivity index (χ2v) is 6.93. The third-order valence-corrected chi connectivity index (χ3v) is 4.65. The third kappa shape index (κ3) is 2.71. The van der Waals surface area contributed by atoms with Crippen molar-refractivity contribution in [1.29, 1.82) is 0 Å². The average Bonchev–Trinajstić information content (AvgIpc) is 3.17. The molecule has 0 spiro atoms. The van der Waals surface area contributed by atoms with E-state index in [2.05, 4.69) is 24.1 Å². The van der Waals surface area contributed by atoms with Crippen LogP contribution in [0.2, 0.25) is 0 Å². The Balaban J connectivity index is 1.50. The first kappa shape index (κ1) is 12.5. The van der Waals surface area contributed by atoms with Crippen molar-refractivity contribution >= 4 is 5.91 Å². The normalized spacial score (nSPS) is 35.9. The zero-order chi connectivity index (χ0) is 12.7. The Bertz CT molecular complexity index is 324. The Morgan fingerprint density at radius 3 is 2.78 bits per heavy atom. The minimum absolute atomic E-state index is 0.176. The summed E-state index contributed by atoms with van der Waals surface area (Å²) in [6, 6.07) is 0.707. The fourth-order valence-electron chi connectivity index (χ4n) is 3.56. The lowest BCUT2D eigenvalue weighted by Gasteiger charge is -2.33. The number of nitrogens with one attached hydrogen (secondary N) is 1. The Labute approximate surface area is 110 Å². The number of carbonyl (C=O) groups excluding carboxylic acids is 1. The van der Waals surface area contributed by atoms with Gasteiger partial charge in [0, 0.05) is 19.1 Å². The Morgan fingerprint density at radius 1 is 1.33 bits per heavy atom. The first-order valence-electron chi connectivity index (χ1n) is 7.70. The van der Waals surface area contributed by atoms with E-state index in [0.717, 1.165) is 30.8 Å². The molecule has 1 saturated carbocycles.